The summed E-state index contributed by atoms with van der Waals surface area (Å²) in [6, 6.07) is 0. The SMILES string of the molecule is C=C(F)CCn1ccnc1. The van der Waals surface area contributed by atoms with Crippen LogP contribution in [0.2, 0.25) is 0 Å². The molecule has 10 heavy (non-hydrogen) atoms. The minimum Gasteiger partial charge on any atom is -0.337 e. The first-order valence-corrected chi connectivity index (χ1v) is 3.08. The lowest BCUT2D eigenvalue weighted by Gasteiger charge is -1.97. The smallest absolute Gasteiger partial charge is 0.0946 e. The molecular formula is C7H9FN2. The van der Waals surface area contributed by atoms with E-state index in [0.717, 1.165) is 0 Å². The first-order chi connectivity index (χ1) is 4.79. The van der Waals surface area contributed by atoms with Crippen LogP contribution in [0.15, 0.2) is 31.1 Å². The Morgan fingerprint density at radius 2 is 2.50 bits per heavy atom. The molecule has 1 aromatic rings. The maximum atomic E-state index is 12.1. The summed E-state index contributed by atoms with van der Waals surface area (Å²) < 4.78 is 13.9. The highest BCUT2D eigenvalue weighted by molar-refractivity contribution is 4.81. The molecule has 0 aliphatic heterocycles. The maximum Gasteiger partial charge on any atom is 0.0946 e. The molecule has 0 aliphatic carbocycles. The van der Waals surface area contributed by atoms with Crippen molar-refractivity contribution in [3.8, 4) is 0 Å². The van der Waals surface area contributed by atoms with Crippen molar-refractivity contribution in [2.24, 2.45) is 0 Å². The maximum absolute atomic E-state index is 12.1. The summed E-state index contributed by atoms with van der Waals surface area (Å²) in [7, 11) is 0. The zero-order valence-electron chi connectivity index (χ0n) is 5.63. The molecule has 0 radical (unpaired) electrons. The third kappa shape index (κ3) is 2.01. The number of nitrogens with zero attached hydrogens (tertiary/aromatic N) is 2. The normalized spacial score (nSPS) is 9.70. The molecule has 0 bridgehead atoms. The summed E-state index contributed by atoms with van der Waals surface area (Å²) in [6.07, 6.45) is 5.49. The number of aryl methyl sites for hydroxylation is 1. The van der Waals surface area contributed by atoms with Crippen LogP contribution >= 0.6 is 0 Å². The van der Waals surface area contributed by atoms with Gasteiger partial charge in [-0.3, -0.25) is 0 Å². The summed E-state index contributed by atoms with van der Waals surface area (Å²) in [5.41, 5.74) is 0. The molecule has 1 aromatic heterocycles. The highest BCUT2D eigenvalue weighted by Gasteiger charge is 1.91. The lowest BCUT2D eigenvalue weighted by molar-refractivity contribution is 0.552. The van der Waals surface area contributed by atoms with E-state index in [4.69, 9.17) is 0 Å². The van der Waals surface area contributed by atoms with Crippen LogP contribution in [0.25, 0.3) is 0 Å². The van der Waals surface area contributed by atoms with Gasteiger partial charge in [0, 0.05) is 25.4 Å². The van der Waals surface area contributed by atoms with E-state index in [1.807, 2.05) is 4.57 Å². The van der Waals surface area contributed by atoms with Gasteiger partial charge in [-0.15, -0.1) is 0 Å². The monoisotopic (exact) mass is 140 g/mol. The molecule has 0 unspecified atom stereocenters. The van der Waals surface area contributed by atoms with Gasteiger partial charge in [-0.1, -0.05) is 6.58 Å². The Bertz CT molecular complexity index is 203. The quantitative estimate of drug-likeness (QED) is 0.625. The summed E-state index contributed by atoms with van der Waals surface area (Å²) in [5, 5.41) is 0. The van der Waals surface area contributed by atoms with Gasteiger partial charge in [-0.05, 0) is 0 Å². The minimum absolute atomic E-state index is 0.284. The van der Waals surface area contributed by atoms with Gasteiger partial charge in [0.15, 0.2) is 0 Å². The Morgan fingerprint density at radius 3 is 3.00 bits per heavy atom. The number of allylic oxidation sites excluding steroid dienone is 1. The fourth-order valence-corrected chi connectivity index (χ4v) is 0.669. The van der Waals surface area contributed by atoms with Gasteiger partial charge in [0.25, 0.3) is 0 Å². The standard InChI is InChI=1S/C7H9FN2/c1-7(8)2-4-10-5-3-9-6-10/h3,5-6H,1-2,4H2. The molecule has 0 saturated carbocycles. The van der Waals surface area contributed by atoms with Gasteiger partial charge < -0.3 is 4.57 Å². The zero-order valence-corrected chi connectivity index (χ0v) is 5.63. The number of imidazole rings is 1. The molecule has 3 heteroatoms. The average molecular weight is 140 g/mol. The average Bonchev–Trinajstić information content (AvgIpc) is 2.34. The van der Waals surface area contributed by atoms with Crippen molar-refractivity contribution in [1.29, 1.82) is 0 Å². The third-order valence-corrected chi connectivity index (χ3v) is 1.20. The Balaban J connectivity index is 2.35. The first-order valence-electron chi connectivity index (χ1n) is 3.08. The number of hydrogen-bond acceptors (Lipinski definition) is 1. The van der Waals surface area contributed by atoms with Gasteiger partial charge in [0.1, 0.15) is 0 Å². The Labute approximate surface area is 59.0 Å². The lowest BCUT2D eigenvalue weighted by atomic mass is 10.4. The van der Waals surface area contributed by atoms with E-state index in [9.17, 15) is 4.39 Å². The molecule has 0 saturated heterocycles. The van der Waals surface area contributed by atoms with Crippen molar-refractivity contribution >= 4 is 0 Å². The Morgan fingerprint density at radius 1 is 1.70 bits per heavy atom. The first kappa shape index (κ1) is 6.99. The number of aromatic nitrogens is 2. The molecule has 2 nitrogen and oxygen atoms in total. The molecule has 0 fully saturated rings. The van der Waals surface area contributed by atoms with Crippen LogP contribution in [0.4, 0.5) is 4.39 Å². The third-order valence-electron chi connectivity index (χ3n) is 1.20. The number of halogens is 1. The summed E-state index contributed by atoms with van der Waals surface area (Å²) >= 11 is 0. The van der Waals surface area contributed by atoms with Gasteiger partial charge >= 0.3 is 0 Å². The van der Waals surface area contributed by atoms with Crippen molar-refractivity contribution in [2.75, 3.05) is 0 Å². The second-order valence-corrected chi connectivity index (χ2v) is 2.07. The molecule has 1 rings (SSSR count). The Kier molecular flexibility index (Phi) is 2.20. The molecule has 1 heterocycles. The molecule has 54 valence electrons. The van der Waals surface area contributed by atoms with Crippen molar-refractivity contribution in [1.82, 2.24) is 9.55 Å². The molecule has 0 aliphatic rings. The second kappa shape index (κ2) is 3.15. The highest BCUT2D eigenvalue weighted by atomic mass is 19.1. The highest BCUT2D eigenvalue weighted by Crippen LogP contribution is 2.00. The molecule has 0 spiro atoms. The summed E-state index contributed by atoms with van der Waals surface area (Å²) in [4.78, 5) is 3.81. The van der Waals surface area contributed by atoms with Gasteiger partial charge in [-0.25, -0.2) is 9.37 Å². The van der Waals surface area contributed by atoms with E-state index in [1.165, 1.54) is 0 Å². The largest absolute Gasteiger partial charge is 0.337 e. The summed E-state index contributed by atoms with van der Waals surface area (Å²) in [5.74, 6) is -0.284. The molecule has 0 atom stereocenters. The van der Waals surface area contributed by atoms with Crippen LogP contribution in [0.3, 0.4) is 0 Å². The van der Waals surface area contributed by atoms with Crippen LogP contribution in [-0.2, 0) is 6.54 Å². The van der Waals surface area contributed by atoms with E-state index in [0.29, 0.717) is 13.0 Å². The van der Waals surface area contributed by atoms with Crippen LogP contribution in [0, 0.1) is 0 Å². The van der Waals surface area contributed by atoms with Crippen molar-refractivity contribution in [3.05, 3.63) is 31.1 Å². The minimum atomic E-state index is -0.284. The van der Waals surface area contributed by atoms with Gasteiger partial charge in [-0.2, -0.15) is 0 Å². The predicted molar refractivity (Wildman–Crippen MR) is 37.1 cm³/mol. The topological polar surface area (TPSA) is 17.8 Å². The molecular weight excluding hydrogens is 131 g/mol. The van der Waals surface area contributed by atoms with Crippen molar-refractivity contribution in [3.63, 3.8) is 0 Å². The van der Waals surface area contributed by atoms with E-state index in [-0.39, 0.29) is 5.83 Å². The van der Waals surface area contributed by atoms with Crippen LogP contribution in [-0.4, -0.2) is 9.55 Å². The van der Waals surface area contributed by atoms with Crippen LogP contribution in [0.5, 0.6) is 0 Å². The fraction of sp³-hybridized carbons (Fsp3) is 0.286. The molecule has 0 N–H and O–H groups in total. The van der Waals surface area contributed by atoms with E-state index in [1.54, 1.807) is 18.7 Å². The van der Waals surface area contributed by atoms with Crippen molar-refractivity contribution in [2.45, 2.75) is 13.0 Å². The van der Waals surface area contributed by atoms with Gasteiger partial charge in [0.2, 0.25) is 0 Å². The fourth-order valence-electron chi connectivity index (χ4n) is 0.669. The van der Waals surface area contributed by atoms with E-state index < -0.39 is 0 Å². The van der Waals surface area contributed by atoms with Gasteiger partial charge in [0.05, 0.1) is 12.2 Å². The van der Waals surface area contributed by atoms with E-state index in [2.05, 4.69) is 11.6 Å². The summed E-state index contributed by atoms with van der Waals surface area (Å²) in [6.45, 7) is 3.77. The predicted octanol–water partition coefficient (Wildman–Crippen LogP) is 1.76. The van der Waals surface area contributed by atoms with E-state index >= 15 is 0 Å². The number of hydrogen-bond donors (Lipinski definition) is 0. The van der Waals surface area contributed by atoms with Crippen LogP contribution < -0.4 is 0 Å². The zero-order chi connectivity index (χ0) is 7.40. The molecule has 0 amide bonds. The Hall–Kier alpha value is -1.12. The van der Waals surface area contributed by atoms with Crippen LogP contribution in [0.1, 0.15) is 6.42 Å². The van der Waals surface area contributed by atoms with Crippen molar-refractivity contribution < 1.29 is 4.39 Å². The molecule has 0 aromatic carbocycles. The lowest BCUT2D eigenvalue weighted by Crippen LogP contribution is -1.93. The second-order valence-electron chi connectivity index (χ2n) is 2.07. The number of rotatable bonds is 3.